The molecule has 1 atom stereocenters. The van der Waals surface area contributed by atoms with Gasteiger partial charge in [-0.25, -0.2) is 8.42 Å². The second-order valence-corrected chi connectivity index (χ2v) is 8.31. The zero-order valence-corrected chi connectivity index (χ0v) is 14.0. The van der Waals surface area contributed by atoms with E-state index < -0.39 is 10.0 Å². The predicted molar refractivity (Wildman–Crippen MR) is 87.2 cm³/mol. The number of rotatable bonds is 3. The summed E-state index contributed by atoms with van der Waals surface area (Å²) in [6, 6.07) is 6.55. The molecular weight excluding hydrogens is 302 g/mol. The molecule has 1 aromatic rings. The number of nitrogens with one attached hydrogen (secondary N) is 1. The van der Waals surface area contributed by atoms with Crippen LogP contribution in [0.5, 0.6) is 0 Å². The van der Waals surface area contributed by atoms with Crippen LogP contribution in [-0.2, 0) is 10.0 Å². The Morgan fingerprint density at radius 1 is 1.32 bits per heavy atom. The first-order valence-corrected chi connectivity index (χ1v) is 9.10. The summed E-state index contributed by atoms with van der Waals surface area (Å²) in [6.07, 6.45) is 1.87. The average Bonchev–Trinajstić information content (AvgIpc) is 2.40. The van der Waals surface area contributed by atoms with Crippen LogP contribution in [-0.4, -0.2) is 44.6 Å². The molecule has 1 aliphatic heterocycles. The van der Waals surface area contributed by atoms with Crippen molar-refractivity contribution in [2.75, 3.05) is 24.1 Å². The number of piperidine rings is 1. The van der Waals surface area contributed by atoms with E-state index in [1.54, 1.807) is 24.3 Å². The number of amides is 1. The van der Waals surface area contributed by atoms with Gasteiger partial charge in [0, 0.05) is 30.4 Å². The van der Waals surface area contributed by atoms with Gasteiger partial charge in [-0.1, -0.05) is 13.8 Å². The summed E-state index contributed by atoms with van der Waals surface area (Å²) in [5.41, 5.74) is 6.97. The van der Waals surface area contributed by atoms with Gasteiger partial charge in [0.1, 0.15) is 0 Å². The number of carbonyl (C=O) groups is 1. The molecular formula is C15H23N3O3S. The first kappa shape index (κ1) is 16.8. The normalized spacial score (nSPS) is 21.5. The molecule has 1 saturated heterocycles. The summed E-state index contributed by atoms with van der Waals surface area (Å²) in [6.45, 7) is 5.40. The Morgan fingerprint density at radius 3 is 2.41 bits per heavy atom. The van der Waals surface area contributed by atoms with E-state index in [0.29, 0.717) is 24.3 Å². The molecule has 0 aromatic heterocycles. The fraction of sp³-hybridized carbons (Fsp3) is 0.533. The third kappa shape index (κ3) is 3.98. The van der Waals surface area contributed by atoms with E-state index in [-0.39, 0.29) is 17.4 Å². The molecule has 0 saturated carbocycles. The maximum atomic E-state index is 12.5. The fourth-order valence-corrected chi connectivity index (χ4v) is 3.19. The summed E-state index contributed by atoms with van der Waals surface area (Å²) in [5.74, 6) is -0.0501. The van der Waals surface area contributed by atoms with Crippen molar-refractivity contribution in [2.24, 2.45) is 11.1 Å². The number of nitrogens with zero attached hydrogens (tertiary/aromatic N) is 1. The number of nitrogens with two attached hydrogens (primary N) is 1. The van der Waals surface area contributed by atoms with E-state index in [2.05, 4.69) is 18.6 Å². The van der Waals surface area contributed by atoms with Gasteiger partial charge < -0.3 is 10.6 Å². The lowest BCUT2D eigenvalue weighted by atomic mass is 9.79. The first-order valence-electron chi connectivity index (χ1n) is 7.21. The van der Waals surface area contributed by atoms with Crippen molar-refractivity contribution in [3.8, 4) is 0 Å². The lowest BCUT2D eigenvalue weighted by Crippen LogP contribution is -2.53. The molecule has 1 fully saturated rings. The standard InChI is InChI=1S/C15H23N3O3S/c1-15(2)10-18(9-8-13(15)16)14(19)11-4-6-12(7-5-11)17-22(3,20)21/h4-7,13,17H,8-10,16H2,1-3H3. The molecule has 1 aromatic carbocycles. The van der Waals surface area contributed by atoms with Gasteiger partial charge in [-0.05, 0) is 36.1 Å². The van der Waals surface area contributed by atoms with Gasteiger partial charge in [-0.3, -0.25) is 9.52 Å². The summed E-state index contributed by atoms with van der Waals surface area (Å²) in [7, 11) is -3.31. The Balaban J connectivity index is 2.10. The Morgan fingerprint density at radius 2 is 1.91 bits per heavy atom. The minimum Gasteiger partial charge on any atom is -0.338 e. The van der Waals surface area contributed by atoms with Crippen molar-refractivity contribution >= 4 is 21.6 Å². The maximum Gasteiger partial charge on any atom is 0.253 e. The molecule has 1 unspecified atom stereocenters. The van der Waals surface area contributed by atoms with E-state index >= 15 is 0 Å². The van der Waals surface area contributed by atoms with Gasteiger partial charge in [-0.2, -0.15) is 0 Å². The Bertz CT molecular complexity index is 653. The lowest BCUT2D eigenvalue weighted by molar-refractivity contribution is 0.0533. The first-order chi connectivity index (χ1) is 10.1. The van der Waals surface area contributed by atoms with Crippen LogP contribution in [0.25, 0.3) is 0 Å². The zero-order chi connectivity index (χ0) is 16.5. The number of hydrogen-bond donors (Lipinski definition) is 2. The van der Waals surface area contributed by atoms with Gasteiger partial charge in [0.05, 0.1) is 6.26 Å². The second-order valence-electron chi connectivity index (χ2n) is 6.56. The van der Waals surface area contributed by atoms with Crippen LogP contribution < -0.4 is 10.5 Å². The van der Waals surface area contributed by atoms with E-state index in [9.17, 15) is 13.2 Å². The number of carbonyl (C=O) groups excluding carboxylic acids is 1. The van der Waals surface area contributed by atoms with E-state index in [1.165, 1.54) is 0 Å². The topological polar surface area (TPSA) is 92.5 Å². The van der Waals surface area contributed by atoms with Crippen LogP contribution >= 0.6 is 0 Å². The Hall–Kier alpha value is -1.60. The molecule has 0 radical (unpaired) electrons. The van der Waals surface area contributed by atoms with Gasteiger partial charge in [0.25, 0.3) is 5.91 Å². The minimum atomic E-state index is -3.31. The van der Waals surface area contributed by atoms with E-state index in [4.69, 9.17) is 5.73 Å². The highest BCUT2D eigenvalue weighted by atomic mass is 32.2. The largest absolute Gasteiger partial charge is 0.338 e. The van der Waals surface area contributed by atoms with Crippen molar-refractivity contribution in [1.82, 2.24) is 4.90 Å². The number of sulfonamides is 1. The van der Waals surface area contributed by atoms with Gasteiger partial charge >= 0.3 is 0 Å². The quantitative estimate of drug-likeness (QED) is 0.875. The van der Waals surface area contributed by atoms with Gasteiger partial charge in [0.15, 0.2) is 0 Å². The summed E-state index contributed by atoms with van der Waals surface area (Å²) < 4.78 is 24.7. The predicted octanol–water partition coefficient (Wildman–Crippen LogP) is 1.26. The highest BCUT2D eigenvalue weighted by Crippen LogP contribution is 2.28. The average molecular weight is 325 g/mol. The molecule has 0 spiro atoms. The summed E-state index contributed by atoms with van der Waals surface area (Å²) in [5, 5.41) is 0. The Kier molecular flexibility index (Phi) is 4.49. The van der Waals surface area contributed by atoms with Crippen LogP contribution in [0.1, 0.15) is 30.6 Å². The SMILES string of the molecule is CC1(C)CN(C(=O)c2ccc(NS(C)(=O)=O)cc2)CCC1N. The Labute approximate surface area is 131 Å². The van der Waals surface area contributed by atoms with Crippen LogP contribution in [0.4, 0.5) is 5.69 Å². The number of hydrogen-bond acceptors (Lipinski definition) is 4. The molecule has 1 amide bonds. The lowest BCUT2D eigenvalue weighted by Gasteiger charge is -2.42. The molecule has 6 nitrogen and oxygen atoms in total. The fourth-order valence-electron chi connectivity index (χ4n) is 2.62. The third-order valence-corrected chi connectivity index (χ3v) is 4.64. The molecule has 0 aliphatic carbocycles. The third-order valence-electron chi connectivity index (χ3n) is 4.03. The molecule has 7 heteroatoms. The summed E-state index contributed by atoms with van der Waals surface area (Å²) >= 11 is 0. The highest BCUT2D eigenvalue weighted by molar-refractivity contribution is 7.92. The number of benzene rings is 1. The van der Waals surface area contributed by atoms with Crippen molar-refractivity contribution in [2.45, 2.75) is 26.3 Å². The van der Waals surface area contributed by atoms with E-state index in [1.807, 2.05) is 4.90 Å². The zero-order valence-electron chi connectivity index (χ0n) is 13.2. The highest BCUT2D eigenvalue weighted by Gasteiger charge is 2.35. The number of likely N-dealkylation sites (tertiary alicyclic amines) is 1. The van der Waals surface area contributed by atoms with E-state index in [0.717, 1.165) is 12.7 Å². The minimum absolute atomic E-state index is 0.0501. The monoisotopic (exact) mass is 325 g/mol. The second kappa shape index (κ2) is 5.89. The molecule has 2 rings (SSSR count). The van der Waals surface area contributed by atoms with Crippen LogP contribution in [0.2, 0.25) is 0 Å². The van der Waals surface area contributed by atoms with Crippen molar-refractivity contribution in [3.05, 3.63) is 29.8 Å². The van der Waals surface area contributed by atoms with Crippen molar-refractivity contribution < 1.29 is 13.2 Å². The van der Waals surface area contributed by atoms with Crippen molar-refractivity contribution in [3.63, 3.8) is 0 Å². The van der Waals surface area contributed by atoms with Crippen molar-refractivity contribution in [1.29, 1.82) is 0 Å². The molecule has 3 N–H and O–H groups in total. The molecule has 1 aliphatic rings. The molecule has 22 heavy (non-hydrogen) atoms. The summed E-state index contributed by atoms with van der Waals surface area (Å²) in [4.78, 5) is 14.3. The van der Waals surface area contributed by atoms with Crippen LogP contribution in [0.3, 0.4) is 0 Å². The van der Waals surface area contributed by atoms with Gasteiger partial charge in [-0.15, -0.1) is 0 Å². The van der Waals surface area contributed by atoms with Crippen LogP contribution in [0.15, 0.2) is 24.3 Å². The van der Waals surface area contributed by atoms with Gasteiger partial charge in [0.2, 0.25) is 10.0 Å². The molecule has 122 valence electrons. The maximum absolute atomic E-state index is 12.5. The number of anilines is 1. The van der Waals surface area contributed by atoms with Crippen LogP contribution in [0, 0.1) is 5.41 Å². The molecule has 1 heterocycles. The molecule has 0 bridgehead atoms. The smallest absolute Gasteiger partial charge is 0.253 e.